The predicted octanol–water partition coefficient (Wildman–Crippen LogP) is 9.82. The van der Waals surface area contributed by atoms with E-state index < -0.39 is 0 Å². The van der Waals surface area contributed by atoms with E-state index in [0.29, 0.717) is 0 Å². The first-order valence-corrected chi connectivity index (χ1v) is 16.2. The fourth-order valence-corrected chi connectivity index (χ4v) is 6.73. The molecule has 0 radical (unpaired) electrons. The van der Waals surface area contributed by atoms with Crippen molar-refractivity contribution in [3.05, 3.63) is 29.8 Å². The molecule has 0 N–H and O–H groups in total. The normalized spacial score (nSPS) is 11.0. The summed E-state index contributed by atoms with van der Waals surface area (Å²) in [5.74, 6) is 0. The fourth-order valence-electron chi connectivity index (χ4n) is 4.83. The van der Waals surface area contributed by atoms with Crippen molar-refractivity contribution in [2.75, 3.05) is 0 Å². The van der Waals surface area contributed by atoms with Gasteiger partial charge >= 0.3 is 20.4 Å². The van der Waals surface area contributed by atoms with Gasteiger partial charge < -0.3 is 0 Å². The van der Waals surface area contributed by atoms with Crippen LogP contribution in [0.4, 0.5) is 0 Å². The summed E-state index contributed by atoms with van der Waals surface area (Å²) in [5.41, 5.74) is 1.70. The molecular formula is C30H54Mg. The molecule has 0 amide bonds. The molecule has 0 aliphatic carbocycles. The first-order chi connectivity index (χ1) is 15.4. The summed E-state index contributed by atoms with van der Waals surface area (Å²) in [6.45, 7) is 4.61. The molecule has 0 unspecified atom stereocenters. The molecule has 0 spiro atoms. The van der Waals surface area contributed by atoms with Crippen LogP contribution in [0.5, 0.6) is 0 Å². The number of rotatable bonds is 23. The lowest BCUT2D eigenvalue weighted by atomic mass is 10.0. The largest absolute Gasteiger partial charge is 0.409 e. The number of benzene rings is 1. The van der Waals surface area contributed by atoms with Crippen LogP contribution in [-0.4, -0.2) is 20.4 Å². The second-order valence-electron chi connectivity index (χ2n) is 9.99. The smallest absolute Gasteiger partial charge is 0.171 e. The van der Waals surface area contributed by atoms with Crippen LogP contribution in [0.2, 0.25) is 4.55 Å². The van der Waals surface area contributed by atoms with Crippen LogP contribution in [0.25, 0.3) is 0 Å². The minimum atomic E-state index is -0.0520. The predicted molar refractivity (Wildman–Crippen MR) is 144 cm³/mol. The Morgan fingerprint density at radius 3 is 1.42 bits per heavy atom. The van der Waals surface area contributed by atoms with Crippen LogP contribution in [0, 0.1) is 0 Å². The van der Waals surface area contributed by atoms with Crippen molar-refractivity contribution in [3.8, 4) is 0 Å². The van der Waals surface area contributed by atoms with E-state index in [2.05, 4.69) is 38.1 Å². The van der Waals surface area contributed by atoms with Gasteiger partial charge in [-0.15, -0.1) is 4.55 Å². The molecule has 0 aliphatic rings. The third-order valence-corrected chi connectivity index (χ3v) is 9.05. The Kier molecular flexibility index (Phi) is 21.7. The number of unbranched alkanes of at least 4 members (excludes halogenated alkanes) is 18. The van der Waals surface area contributed by atoms with Gasteiger partial charge in [0.15, 0.2) is 0 Å². The van der Waals surface area contributed by atoms with E-state index in [0.717, 1.165) is 0 Å². The summed E-state index contributed by atoms with van der Waals surface area (Å²) < 4.78 is 3.29. The molecule has 0 heterocycles. The highest BCUT2D eigenvalue weighted by Crippen LogP contribution is 2.13. The Morgan fingerprint density at radius 2 is 0.903 bits per heavy atom. The van der Waals surface area contributed by atoms with E-state index in [1.54, 1.807) is 9.26 Å². The Morgan fingerprint density at radius 1 is 0.484 bits per heavy atom. The Balaban J connectivity index is 2.00. The zero-order valence-corrected chi connectivity index (χ0v) is 23.0. The highest BCUT2D eigenvalue weighted by molar-refractivity contribution is 6.54. The molecule has 0 bridgehead atoms. The monoisotopic (exact) mass is 438 g/mol. The molecule has 0 saturated heterocycles. The van der Waals surface area contributed by atoms with Gasteiger partial charge in [0.1, 0.15) is 0 Å². The van der Waals surface area contributed by atoms with Crippen molar-refractivity contribution >= 4 is 24.1 Å². The maximum Gasteiger partial charge on any atom is 0.409 e. The summed E-state index contributed by atoms with van der Waals surface area (Å²) in [5, 5.41) is 0. The molecule has 0 saturated carbocycles. The molecule has 0 aliphatic heterocycles. The topological polar surface area (TPSA) is 0 Å². The minimum Gasteiger partial charge on any atom is -0.171 e. The first kappa shape index (κ1) is 29.0. The third-order valence-electron chi connectivity index (χ3n) is 6.97. The van der Waals surface area contributed by atoms with Crippen molar-refractivity contribution in [1.82, 2.24) is 0 Å². The minimum absolute atomic E-state index is 0.0520. The lowest BCUT2D eigenvalue weighted by Gasteiger charge is -2.10. The van der Waals surface area contributed by atoms with Crippen LogP contribution < -0.4 is 3.69 Å². The fraction of sp³-hybridized carbons (Fsp3) is 0.800. The summed E-state index contributed by atoms with van der Waals surface area (Å²) in [7, 11) is 0. The molecule has 176 valence electrons. The van der Waals surface area contributed by atoms with Crippen LogP contribution >= 0.6 is 0 Å². The van der Waals surface area contributed by atoms with E-state index in [1.165, 1.54) is 139 Å². The van der Waals surface area contributed by atoms with Gasteiger partial charge in [0, 0.05) is 0 Å². The summed E-state index contributed by atoms with van der Waals surface area (Å²) >= 11 is -0.0520. The highest BCUT2D eigenvalue weighted by atomic mass is 24.5. The van der Waals surface area contributed by atoms with E-state index in [-0.39, 0.29) is 20.4 Å². The molecule has 1 heteroatoms. The van der Waals surface area contributed by atoms with Gasteiger partial charge in [0.2, 0.25) is 0 Å². The molecule has 0 atom stereocenters. The van der Waals surface area contributed by atoms with E-state index >= 15 is 0 Å². The maximum absolute atomic E-state index is 2.45. The SMILES string of the molecule is CCCCCCCCCCC[CH2][Mg][c]1ccccc1CCCCCCCCCCCC. The Hall–Kier alpha value is -0.0138. The maximum atomic E-state index is 2.45. The van der Waals surface area contributed by atoms with Crippen LogP contribution in [-0.2, 0) is 6.42 Å². The second kappa shape index (κ2) is 23.2. The highest BCUT2D eigenvalue weighted by Gasteiger charge is 2.05. The van der Waals surface area contributed by atoms with Crippen molar-refractivity contribution < 1.29 is 0 Å². The molecule has 0 fully saturated rings. The lowest BCUT2D eigenvalue weighted by Crippen LogP contribution is -2.18. The summed E-state index contributed by atoms with van der Waals surface area (Å²) in [6, 6.07) is 9.43. The standard InChI is InChI=1S/C18H29.C12H25.Mg/c1-2-3-4-5-6-7-8-9-10-12-15-18-16-13-11-14-17-18;1-3-5-7-9-11-12-10-8-6-4-2;/h11,13-14,16H,2-10,12,15H2,1H3;1,3-12H2,2H3;. The molecule has 31 heavy (non-hydrogen) atoms. The van der Waals surface area contributed by atoms with Crippen molar-refractivity contribution in [2.24, 2.45) is 0 Å². The average molecular weight is 439 g/mol. The quantitative estimate of drug-likeness (QED) is 0.118. The number of hydrogen-bond acceptors (Lipinski definition) is 0. The van der Waals surface area contributed by atoms with E-state index in [4.69, 9.17) is 0 Å². The third kappa shape index (κ3) is 18.1. The Bertz CT molecular complexity index is 481. The van der Waals surface area contributed by atoms with E-state index in [9.17, 15) is 0 Å². The van der Waals surface area contributed by atoms with Crippen molar-refractivity contribution in [2.45, 2.75) is 153 Å². The average Bonchev–Trinajstić information content (AvgIpc) is 2.79. The number of aryl methyl sites for hydroxylation is 1. The van der Waals surface area contributed by atoms with Gasteiger partial charge in [-0.2, -0.15) is 3.69 Å². The van der Waals surface area contributed by atoms with Gasteiger partial charge in [-0.25, -0.2) is 0 Å². The lowest BCUT2D eigenvalue weighted by molar-refractivity contribution is 0.556. The molecule has 1 aromatic rings. The zero-order valence-electron chi connectivity index (χ0n) is 21.6. The van der Waals surface area contributed by atoms with Crippen LogP contribution in [0.15, 0.2) is 24.3 Å². The summed E-state index contributed by atoms with van der Waals surface area (Å²) in [4.78, 5) is 0. The summed E-state index contributed by atoms with van der Waals surface area (Å²) in [6.07, 6.45) is 30.3. The molecule has 0 aromatic heterocycles. The molecule has 1 rings (SSSR count). The second-order valence-corrected chi connectivity index (χ2v) is 12.0. The van der Waals surface area contributed by atoms with Crippen molar-refractivity contribution in [1.29, 1.82) is 0 Å². The zero-order chi connectivity index (χ0) is 22.2. The molecular weight excluding hydrogens is 385 g/mol. The molecule has 0 nitrogen and oxygen atoms in total. The Labute approximate surface area is 206 Å². The van der Waals surface area contributed by atoms with Gasteiger partial charge in [-0.3, -0.25) is 0 Å². The van der Waals surface area contributed by atoms with Gasteiger partial charge in [-0.05, 0) is 12.8 Å². The number of hydrogen-bond donors (Lipinski definition) is 0. The van der Waals surface area contributed by atoms with Crippen molar-refractivity contribution in [3.63, 3.8) is 0 Å². The molecule has 1 aromatic carbocycles. The first-order valence-electron chi connectivity index (χ1n) is 14.4. The van der Waals surface area contributed by atoms with Gasteiger partial charge in [-0.1, -0.05) is 166 Å². The van der Waals surface area contributed by atoms with E-state index in [1.807, 2.05) is 0 Å². The van der Waals surface area contributed by atoms with Gasteiger partial charge in [0.25, 0.3) is 0 Å². The van der Waals surface area contributed by atoms with Crippen LogP contribution in [0.3, 0.4) is 0 Å². The van der Waals surface area contributed by atoms with Crippen LogP contribution in [0.1, 0.15) is 148 Å². The van der Waals surface area contributed by atoms with Gasteiger partial charge in [0.05, 0.1) is 0 Å².